The van der Waals surface area contributed by atoms with E-state index in [-0.39, 0.29) is 12.1 Å². The number of rotatable bonds is 4. The lowest BCUT2D eigenvalue weighted by atomic mass is 10.1. The molecule has 23 heavy (non-hydrogen) atoms. The smallest absolute Gasteiger partial charge is 0.350 e. The molecule has 0 amide bonds. The summed E-state index contributed by atoms with van der Waals surface area (Å²) in [6.45, 7) is 2.88. The van der Waals surface area contributed by atoms with Gasteiger partial charge in [0.15, 0.2) is 0 Å². The first-order valence-electron chi connectivity index (χ1n) is 7.65. The summed E-state index contributed by atoms with van der Waals surface area (Å²) in [4.78, 5) is 17.3. The second kappa shape index (κ2) is 7.43. The molecule has 1 aromatic heterocycles. The summed E-state index contributed by atoms with van der Waals surface area (Å²) in [5, 5.41) is 1.42. The van der Waals surface area contributed by atoms with E-state index < -0.39 is 0 Å². The minimum absolute atomic E-state index is 0.0216. The fraction of sp³-hybridized carbons (Fsp3) is 0.412. The van der Waals surface area contributed by atoms with E-state index in [2.05, 4.69) is 4.98 Å². The normalized spacial score (nSPS) is 17.9. The van der Waals surface area contributed by atoms with Gasteiger partial charge < -0.3 is 9.47 Å². The number of carbonyl (C=O) groups is 1. The van der Waals surface area contributed by atoms with Crippen molar-refractivity contribution in [3.05, 3.63) is 39.9 Å². The van der Waals surface area contributed by atoms with E-state index in [4.69, 9.17) is 21.1 Å². The van der Waals surface area contributed by atoms with Gasteiger partial charge in [-0.25, -0.2) is 9.78 Å². The van der Waals surface area contributed by atoms with E-state index >= 15 is 0 Å². The van der Waals surface area contributed by atoms with Crippen molar-refractivity contribution in [3.8, 4) is 10.6 Å². The Morgan fingerprint density at radius 2 is 2.35 bits per heavy atom. The SMILES string of the molecule is Cc1nc(-c2cccc(Cl)c2)sc1C(=O)OCC1CCCCO1. The Morgan fingerprint density at radius 1 is 1.48 bits per heavy atom. The Kier molecular flexibility index (Phi) is 5.30. The quantitative estimate of drug-likeness (QED) is 0.761. The van der Waals surface area contributed by atoms with Gasteiger partial charge in [0.1, 0.15) is 16.5 Å². The number of hydrogen-bond donors (Lipinski definition) is 0. The molecule has 0 spiro atoms. The average molecular weight is 352 g/mol. The van der Waals surface area contributed by atoms with Gasteiger partial charge in [-0.05, 0) is 38.3 Å². The summed E-state index contributed by atoms with van der Waals surface area (Å²) in [7, 11) is 0. The maximum absolute atomic E-state index is 12.3. The molecule has 1 fully saturated rings. The van der Waals surface area contributed by atoms with Gasteiger partial charge in [0, 0.05) is 17.2 Å². The number of esters is 1. The average Bonchev–Trinajstić information content (AvgIpc) is 2.96. The van der Waals surface area contributed by atoms with Crippen LogP contribution < -0.4 is 0 Å². The highest BCUT2D eigenvalue weighted by Gasteiger charge is 2.20. The molecule has 0 radical (unpaired) electrons. The molecular weight excluding hydrogens is 334 g/mol. The van der Waals surface area contributed by atoms with Crippen molar-refractivity contribution < 1.29 is 14.3 Å². The molecule has 0 N–H and O–H groups in total. The first-order chi connectivity index (χ1) is 11.1. The molecule has 2 heterocycles. The molecule has 6 heteroatoms. The molecule has 0 bridgehead atoms. The maximum Gasteiger partial charge on any atom is 0.350 e. The molecule has 1 unspecified atom stereocenters. The standard InChI is InChI=1S/C17H18ClNO3S/c1-11-15(17(20)22-10-14-7-2-3-8-21-14)23-16(19-11)12-5-4-6-13(18)9-12/h4-6,9,14H,2-3,7-8,10H2,1H3. The highest BCUT2D eigenvalue weighted by Crippen LogP contribution is 2.30. The van der Waals surface area contributed by atoms with Crippen LogP contribution in [-0.2, 0) is 9.47 Å². The van der Waals surface area contributed by atoms with E-state index in [0.29, 0.717) is 22.2 Å². The molecule has 3 rings (SSSR count). The number of benzene rings is 1. The van der Waals surface area contributed by atoms with E-state index in [9.17, 15) is 4.79 Å². The Hall–Kier alpha value is -1.43. The van der Waals surface area contributed by atoms with Crippen LogP contribution in [0.25, 0.3) is 10.6 Å². The van der Waals surface area contributed by atoms with E-state index in [1.807, 2.05) is 31.2 Å². The van der Waals surface area contributed by atoms with Crippen LogP contribution in [0.15, 0.2) is 24.3 Å². The Labute approximate surface area is 144 Å². The summed E-state index contributed by atoms with van der Waals surface area (Å²) < 4.78 is 11.0. The Balaban J connectivity index is 1.69. The fourth-order valence-corrected chi connectivity index (χ4v) is 3.65. The van der Waals surface area contributed by atoms with E-state index in [1.165, 1.54) is 11.3 Å². The van der Waals surface area contributed by atoms with Crippen LogP contribution in [0.2, 0.25) is 5.02 Å². The first-order valence-corrected chi connectivity index (χ1v) is 8.85. The van der Waals surface area contributed by atoms with Crippen molar-refractivity contribution in [2.24, 2.45) is 0 Å². The van der Waals surface area contributed by atoms with Gasteiger partial charge in [0.2, 0.25) is 0 Å². The highest BCUT2D eigenvalue weighted by atomic mass is 35.5. The molecule has 2 aromatic rings. The predicted molar refractivity (Wildman–Crippen MR) is 91.2 cm³/mol. The van der Waals surface area contributed by atoms with Crippen LogP contribution in [0.3, 0.4) is 0 Å². The van der Waals surface area contributed by atoms with Crippen molar-refractivity contribution in [3.63, 3.8) is 0 Å². The summed E-state index contributed by atoms with van der Waals surface area (Å²) >= 11 is 7.34. The fourth-order valence-electron chi connectivity index (χ4n) is 2.50. The number of thiazole rings is 1. The van der Waals surface area contributed by atoms with Gasteiger partial charge in [0.05, 0.1) is 11.8 Å². The third kappa shape index (κ3) is 4.10. The van der Waals surface area contributed by atoms with Crippen molar-refractivity contribution >= 4 is 28.9 Å². The van der Waals surface area contributed by atoms with Crippen LogP contribution in [0.4, 0.5) is 0 Å². The molecule has 1 aliphatic heterocycles. The molecule has 1 saturated heterocycles. The third-order valence-electron chi connectivity index (χ3n) is 3.73. The minimum Gasteiger partial charge on any atom is -0.459 e. The number of nitrogens with zero attached hydrogens (tertiary/aromatic N) is 1. The van der Waals surface area contributed by atoms with E-state index in [1.54, 1.807) is 0 Å². The molecule has 122 valence electrons. The van der Waals surface area contributed by atoms with Gasteiger partial charge in [-0.2, -0.15) is 0 Å². The monoisotopic (exact) mass is 351 g/mol. The second-order valence-electron chi connectivity index (χ2n) is 5.53. The van der Waals surface area contributed by atoms with Crippen LogP contribution in [0.1, 0.15) is 34.6 Å². The Morgan fingerprint density at radius 3 is 3.09 bits per heavy atom. The molecular formula is C17H18ClNO3S. The summed E-state index contributed by atoms with van der Waals surface area (Å²) in [5.41, 5.74) is 1.58. The second-order valence-corrected chi connectivity index (χ2v) is 6.97. The molecule has 4 nitrogen and oxygen atoms in total. The van der Waals surface area contributed by atoms with Crippen LogP contribution in [0, 0.1) is 6.92 Å². The van der Waals surface area contributed by atoms with E-state index in [0.717, 1.165) is 36.4 Å². The van der Waals surface area contributed by atoms with Gasteiger partial charge in [0.25, 0.3) is 0 Å². The number of ether oxygens (including phenoxy) is 2. The predicted octanol–water partition coefficient (Wildman–Crippen LogP) is 4.50. The summed E-state index contributed by atoms with van der Waals surface area (Å²) in [6, 6.07) is 7.44. The summed E-state index contributed by atoms with van der Waals surface area (Å²) in [5.74, 6) is -0.331. The highest BCUT2D eigenvalue weighted by molar-refractivity contribution is 7.17. The number of carbonyl (C=O) groups excluding carboxylic acids is 1. The van der Waals surface area contributed by atoms with Crippen LogP contribution in [0.5, 0.6) is 0 Å². The number of hydrogen-bond acceptors (Lipinski definition) is 5. The van der Waals surface area contributed by atoms with Crippen molar-refractivity contribution in [1.82, 2.24) is 4.98 Å². The van der Waals surface area contributed by atoms with Gasteiger partial charge >= 0.3 is 5.97 Å². The zero-order valence-corrected chi connectivity index (χ0v) is 14.5. The van der Waals surface area contributed by atoms with Crippen LogP contribution >= 0.6 is 22.9 Å². The Bertz CT molecular complexity index is 695. The largest absolute Gasteiger partial charge is 0.459 e. The molecule has 1 atom stereocenters. The number of aryl methyl sites for hydroxylation is 1. The number of aromatic nitrogens is 1. The lowest BCUT2D eigenvalue weighted by Gasteiger charge is -2.21. The zero-order valence-electron chi connectivity index (χ0n) is 12.9. The van der Waals surface area contributed by atoms with Crippen molar-refractivity contribution in [2.75, 3.05) is 13.2 Å². The molecule has 1 aromatic carbocycles. The first kappa shape index (κ1) is 16.4. The minimum atomic E-state index is -0.331. The summed E-state index contributed by atoms with van der Waals surface area (Å²) in [6.07, 6.45) is 3.18. The molecule has 1 aliphatic rings. The zero-order chi connectivity index (χ0) is 16.2. The van der Waals surface area contributed by atoms with Gasteiger partial charge in [-0.1, -0.05) is 23.7 Å². The van der Waals surface area contributed by atoms with Crippen molar-refractivity contribution in [1.29, 1.82) is 0 Å². The third-order valence-corrected chi connectivity index (χ3v) is 5.15. The van der Waals surface area contributed by atoms with Gasteiger partial charge in [-0.15, -0.1) is 11.3 Å². The molecule has 0 saturated carbocycles. The maximum atomic E-state index is 12.3. The lowest BCUT2D eigenvalue weighted by molar-refractivity contribution is -0.0298. The topological polar surface area (TPSA) is 48.4 Å². The van der Waals surface area contributed by atoms with Crippen molar-refractivity contribution in [2.45, 2.75) is 32.3 Å². The van der Waals surface area contributed by atoms with Gasteiger partial charge in [-0.3, -0.25) is 0 Å². The lowest BCUT2D eigenvalue weighted by Crippen LogP contribution is -2.25. The van der Waals surface area contributed by atoms with Crippen LogP contribution in [-0.4, -0.2) is 30.3 Å². The number of halogens is 1. The molecule has 0 aliphatic carbocycles.